The highest BCUT2D eigenvalue weighted by Crippen LogP contribution is 2.44. The molecule has 1 atom stereocenters. The second kappa shape index (κ2) is 8.79. The van der Waals surface area contributed by atoms with Crippen molar-refractivity contribution < 1.29 is 9.84 Å². The fourth-order valence-electron chi connectivity index (χ4n) is 3.35. The van der Waals surface area contributed by atoms with Gasteiger partial charge in [0.05, 0.1) is 21.7 Å². The molecule has 3 aromatic rings. The monoisotopic (exact) mass is 561 g/mol. The maximum Gasteiger partial charge on any atom is 0.205 e. The lowest BCUT2D eigenvalue weighted by atomic mass is 9.83. The minimum atomic E-state index is -0.429. The molecule has 0 fully saturated rings. The van der Waals surface area contributed by atoms with Gasteiger partial charge in [0.2, 0.25) is 5.88 Å². The molecule has 5 nitrogen and oxygen atoms in total. The van der Waals surface area contributed by atoms with Crippen LogP contribution in [0.4, 0.5) is 5.69 Å². The van der Waals surface area contributed by atoms with Gasteiger partial charge in [0.15, 0.2) is 0 Å². The van der Waals surface area contributed by atoms with Gasteiger partial charge in [-0.15, -0.1) is 0 Å². The van der Waals surface area contributed by atoms with Gasteiger partial charge in [-0.05, 0) is 64.6 Å². The van der Waals surface area contributed by atoms with E-state index in [9.17, 15) is 10.4 Å². The lowest BCUT2D eigenvalue weighted by Gasteiger charge is -2.27. The summed E-state index contributed by atoms with van der Waals surface area (Å²) in [4.78, 5) is 4.38. The number of aromatic hydroxyl groups is 1. The summed E-state index contributed by atoms with van der Waals surface area (Å²) in [6.07, 6.45) is 1.52. The molecule has 0 aromatic heterocycles. The molecule has 4 rings (SSSR count). The molecule has 1 heterocycles. The molecule has 1 aliphatic rings. The summed E-state index contributed by atoms with van der Waals surface area (Å²) in [6, 6.07) is 18.2. The van der Waals surface area contributed by atoms with Crippen molar-refractivity contribution in [1.82, 2.24) is 0 Å². The van der Waals surface area contributed by atoms with Crippen LogP contribution >= 0.6 is 45.8 Å². The van der Waals surface area contributed by atoms with E-state index in [1.54, 1.807) is 24.3 Å². The van der Waals surface area contributed by atoms with Gasteiger partial charge in [-0.3, -0.25) is 4.99 Å². The van der Waals surface area contributed by atoms with E-state index in [4.69, 9.17) is 33.7 Å². The number of allylic oxidation sites excluding steroid dienone is 1. The predicted octanol–water partition coefficient (Wildman–Crippen LogP) is 6.27. The predicted molar refractivity (Wildman–Crippen MR) is 130 cm³/mol. The number of nitrogens with two attached hydrogens (primary N) is 1. The van der Waals surface area contributed by atoms with Crippen LogP contribution in [-0.4, -0.2) is 11.3 Å². The minimum Gasteiger partial charge on any atom is -0.507 e. The third-order valence-corrected chi connectivity index (χ3v) is 6.21. The number of phenols is 1. The van der Waals surface area contributed by atoms with Gasteiger partial charge < -0.3 is 15.6 Å². The van der Waals surface area contributed by atoms with Gasteiger partial charge in [0, 0.05) is 27.0 Å². The first-order valence-corrected chi connectivity index (χ1v) is 10.9. The van der Waals surface area contributed by atoms with E-state index in [1.165, 1.54) is 12.3 Å². The van der Waals surface area contributed by atoms with Crippen LogP contribution in [-0.2, 0) is 0 Å². The largest absolute Gasteiger partial charge is 0.507 e. The standard InChI is InChI=1S/C23H14Cl2IN3O2/c24-18-5-4-15(8-19(18)25)29-11-13-7-16-21(9-20(13)30)31-23(28)17(10-27)22(16)12-2-1-3-14(26)6-12/h1-9,11,22,30H,28H2/t22-/m1/s1. The Labute approximate surface area is 202 Å². The van der Waals surface area contributed by atoms with Crippen LogP contribution in [0.15, 0.2) is 71.0 Å². The minimum absolute atomic E-state index is 0.0236. The normalized spacial score (nSPS) is 15.5. The lowest BCUT2D eigenvalue weighted by molar-refractivity contribution is 0.388. The molecule has 0 bridgehead atoms. The van der Waals surface area contributed by atoms with Crippen LogP contribution in [0, 0.1) is 14.9 Å². The highest BCUT2D eigenvalue weighted by molar-refractivity contribution is 14.1. The SMILES string of the molecule is N#CC1=C(N)Oc2cc(O)c(C=Nc3ccc(Cl)c(Cl)c3)cc2[C@H]1c1cccc(I)c1. The van der Waals surface area contributed by atoms with Gasteiger partial charge in [0.25, 0.3) is 0 Å². The summed E-state index contributed by atoms with van der Waals surface area (Å²) < 4.78 is 6.67. The summed E-state index contributed by atoms with van der Waals surface area (Å²) >= 11 is 14.2. The Hall–Kier alpha value is -2.73. The number of benzene rings is 3. The van der Waals surface area contributed by atoms with E-state index in [0.717, 1.165) is 9.13 Å². The Kier molecular flexibility index (Phi) is 6.10. The molecule has 0 aliphatic carbocycles. The van der Waals surface area contributed by atoms with Crippen molar-refractivity contribution in [2.24, 2.45) is 10.7 Å². The quantitative estimate of drug-likeness (QED) is 0.291. The number of phenolic OH excluding ortho intramolecular Hbond substituents is 1. The number of aliphatic imine (C=N–C) groups is 1. The molecule has 3 aromatic carbocycles. The van der Waals surface area contributed by atoms with Crippen LogP contribution in [0.5, 0.6) is 11.5 Å². The van der Waals surface area contributed by atoms with Crippen molar-refractivity contribution >= 4 is 57.7 Å². The number of hydrogen-bond acceptors (Lipinski definition) is 5. The second-order valence-electron chi connectivity index (χ2n) is 6.79. The van der Waals surface area contributed by atoms with Gasteiger partial charge in [-0.2, -0.15) is 5.26 Å². The number of ether oxygens (including phenoxy) is 1. The molecule has 154 valence electrons. The van der Waals surface area contributed by atoms with Gasteiger partial charge in [-0.25, -0.2) is 0 Å². The Morgan fingerprint density at radius 1 is 1.13 bits per heavy atom. The number of fused-ring (bicyclic) bond motifs is 1. The summed E-state index contributed by atoms with van der Waals surface area (Å²) in [5, 5.41) is 21.1. The molecule has 8 heteroatoms. The van der Waals surface area contributed by atoms with Crippen LogP contribution in [0.2, 0.25) is 10.0 Å². The molecule has 0 radical (unpaired) electrons. The average molecular weight is 562 g/mol. The number of hydrogen-bond donors (Lipinski definition) is 2. The second-order valence-corrected chi connectivity index (χ2v) is 8.85. The van der Waals surface area contributed by atoms with E-state index in [2.05, 4.69) is 33.7 Å². The van der Waals surface area contributed by atoms with Crippen molar-refractivity contribution in [1.29, 1.82) is 5.26 Å². The van der Waals surface area contributed by atoms with Crippen LogP contribution in [0.25, 0.3) is 0 Å². The van der Waals surface area contributed by atoms with E-state index < -0.39 is 5.92 Å². The van der Waals surface area contributed by atoms with Crippen molar-refractivity contribution in [2.45, 2.75) is 5.92 Å². The van der Waals surface area contributed by atoms with Crippen LogP contribution < -0.4 is 10.5 Å². The maximum absolute atomic E-state index is 10.5. The smallest absolute Gasteiger partial charge is 0.205 e. The van der Waals surface area contributed by atoms with Crippen LogP contribution in [0.1, 0.15) is 22.6 Å². The summed E-state index contributed by atoms with van der Waals surface area (Å²) in [7, 11) is 0. The Morgan fingerprint density at radius 2 is 1.94 bits per heavy atom. The Bertz CT molecular complexity index is 1300. The Balaban J connectivity index is 1.82. The molecule has 0 amide bonds. The van der Waals surface area contributed by atoms with Crippen molar-refractivity contribution in [3.8, 4) is 17.6 Å². The maximum atomic E-state index is 10.5. The number of nitriles is 1. The first kappa shape index (κ1) is 21.5. The van der Waals surface area contributed by atoms with E-state index in [-0.39, 0.29) is 11.6 Å². The summed E-state index contributed by atoms with van der Waals surface area (Å²) in [5.41, 5.74) is 8.98. The molecule has 1 aliphatic heterocycles. The zero-order valence-electron chi connectivity index (χ0n) is 15.8. The molecule has 0 unspecified atom stereocenters. The summed E-state index contributed by atoms with van der Waals surface area (Å²) in [6.45, 7) is 0. The molecule has 0 spiro atoms. The molecule has 31 heavy (non-hydrogen) atoms. The highest BCUT2D eigenvalue weighted by Gasteiger charge is 2.31. The number of rotatable bonds is 3. The fourth-order valence-corrected chi connectivity index (χ4v) is 4.21. The van der Waals surface area contributed by atoms with Crippen LogP contribution in [0.3, 0.4) is 0 Å². The molecule has 3 N–H and O–H groups in total. The topological polar surface area (TPSA) is 91.6 Å². The fraction of sp³-hybridized carbons (Fsp3) is 0.0435. The molecule has 0 saturated carbocycles. The first-order valence-electron chi connectivity index (χ1n) is 9.06. The highest BCUT2D eigenvalue weighted by atomic mass is 127. The summed E-state index contributed by atoms with van der Waals surface area (Å²) in [5.74, 6) is -0.0432. The average Bonchev–Trinajstić information content (AvgIpc) is 2.74. The third kappa shape index (κ3) is 4.35. The first-order chi connectivity index (χ1) is 14.9. The zero-order valence-corrected chi connectivity index (χ0v) is 19.5. The lowest BCUT2D eigenvalue weighted by Crippen LogP contribution is -2.21. The van der Waals surface area contributed by atoms with E-state index in [1.807, 2.05) is 24.3 Å². The van der Waals surface area contributed by atoms with Gasteiger partial charge >= 0.3 is 0 Å². The third-order valence-electron chi connectivity index (χ3n) is 4.80. The molecule has 0 saturated heterocycles. The Morgan fingerprint density at radius 3 is 2.65 bits per heavy atom. The van der Waals surface area contributed by atoms with Gasteiger partial charge in [0.1, 0.15) is 23.1 Å². The van der Waals surface area contributed by atoms with Crippen molar-refractivity contribution in [3.63, 3.8) is 0 Å². The van der Waals surface area contributed by atoms with E-state index >= 15 is 0 Å². The van der Waals surface area contributed by atoms with Crippen molar-refractivity contribution in [3.05, 3.63) is 96.4 Å². The number of nitrogens with zero attached hydrogens (tertiary/aromatic N) is 2. The van der Waals surface area contributed by atoms with Gasteiger partial charge in [-0.1, -0.05) is 35.3 Å². The molecular formula is C23H14Cl2IN3O2. The molecular weight excluding hydrogens is 548 g/mol. The zero-order chi connectivity index (χ0) is 22.1. The van der Waals surface area contributed by atoms with Crippen molar-refractivity contribution in [2.75, 3.05) is 0 Å². The van der Waals surface area contributed by atoms with E-state index in [0.29, 0.717) is 38.2 Å². The number of halogens is 3.